The Morgan fingerprint density at radius 2 is 1.81 bits per heavy atom. The molecule has 0 saturated heterocycles. The molecule has 3 rings (SSSR count). The minimum Gasteiger partial charge on any atom is -0.456 e. The average molecular weight is 405 g/mol. The van der Waals surface area contributed by atoms with Crippen molar-refractivity contribution in [1.82, 2.24) is 4.98 Å². The van der Waals surface area contributed by atoms with Gasteiger partial charge in [-0.05, 0) is 42.7 Å². The molecular weight excluding hydrogens is 387 g/mol. The maximum absolute atomic E-state index is 11.9. The van der Waals surface area contributed by atoms with Crippen LogP contribution in [0.1, 0.15) is 18.4 Å². The summed E-state index contributed by atoms with van der Waals surface area (Å²) in [6.07, 6.45) is 3.61. The van der Waals surface area contributed by atoms with Crippen molar-refractivity contribution < 1.29 is 14.3 Å². The summed E-state index contributed by atoms with van der Waals surface area (Å²) in [5.41, 5.74) is 2.69. The number of aromatic nitrogens is 1. The van der Waals surface area contributed by atoms with Gasteiger partial charge in [0.15, 0.2) is 6.61 Å². The molecule has 0 fully saturated rings. The van der Waals surface area contributed by atoms with Gasteiger partial charge < -0.3 is 15.0 Å². The predicted octanol–water partition coefficient (Wildman–Crippen LogP) is 4.98. The van der Waals surface area contributed by atoms with Crippen LogP contribution >= 0.6 is 23.2 Å². The molecule has 2 aromatic carbocycles. The largest absolute Gasteiger partial charge is 0.456 e. The summed E-state index contributed by atoms with van der Waals surface area (Å²) < 4.78 is 5.02. The van der Waals surface area contributed by atoms with Crippen molar-refractivity contribution in [2.24, 2.45) is 0 Å². The lowest BCUT2D eigenvalue weighted by atomic mass is 10.1. The van der Waals surface area contributed by atoms with Gasteiger partial charge in [0.1, 0.15) is 0 Å². The lowest BCUT2D eigenvalue weighted by Crippen LogP contribution is -2.20. The standard InChI is InChI=1S/C20H18Cl2N2O3/c21-14-8-15(22)10-16(9-14)24-19(25)12-27-20(26)7-3-4-13-11-23-18-6-2-1-5-17(13)18/h1-2,5-6,8-11,23H,3-4,7,12H2,(H,24,25). The summed E-state index contributed by atoms with van der Waals surface area (Å²) in [4.78, 5) is 26.9. The normalized spacial score (nSPS) is 10.7. The Morgan fingerprint density at radius 3 is 2.59 bits per heavy atom. The quantitative estimate of drug-likeness (QED) is 0.545. The number of hydrogen-bond donors (Lipinski definition) is 2. The minimum absolute atomic E-state index is 0.246. The molecule has 140 valence electrons. The molecule has 1 heterocycles. The van der Waals surface area contributed by atoms with E-state index >= 15 is 0 Å². The van der Waals surface area contributed by atoms with Crippen LogP contribution in [-0.2, 0) is 20.7 Å². The van der Waals surface area contributed by atoms with E-state index in [1.165, 1.54) is 0 Å². The van der Waals surface area contributed by atoms with Gasteiger partial charge in [0.05, 0.1) is 0 Å². The number of aromatic amines is 1. The number of para-hydroxylation sites is 1. The number of halogens is 2. The van der Waals surface area contributed by atoms with Crippen LogP contribution in [-0.4, -0.2) is 23.5 Å². The third-order valence-electron chi connectivity index (χ3n) is 4.01. The molecule has 1 aromatic heterocycles. The van der Waals surface area contributed by atoms with Crippen molar-refractivity contribution in [3.05, 3.63) is 64.3 Å². The lowest BCUT2D eigenvalue weighted by Gasteiger charge is -2.07. The van der Waals surface area contributed by atoms with Crippen molar-refractivity contribution in [2.75, 3.05) is 11.9 Å². The molecular formula is C20H18Cl2N2O3. The first-order valence-electron chi connectivity index (χ1n) is 8.48. The molecule has 5 nitrogen and oxygen atoms in total. The number of fused-ring (bicyclic) bond motifs is 1. The maximum atomic E-state index is 11.9. The Balaban J connectivity index is 1.41. The molecule has 0 aliphatic carbocycles. The number of anilines is 1. The van der Waals surface area contributed by atoms with Crippen molar-refractivity contribution in [1.29, 1.82) is 0 Å². The first kappa shape index (κ1) is 19.3. The molecule has 0 spiro atoms. The molecule has 3 aromatic rings. The molecule has 0 aliphatic heterocycles. The highest BCUT2D eigenvalue weighted by Gasteiger charge is 2.10. The third kappa shape index (κ3) is 5.49. The second-order valence-corrected chi connectivity index (χ2v) is 6.95. The topological polar surface area (TPSA) is 71.2 Å². The van der Waals surface area contributed by atoms with Gasteiger partial charge in [0, 0.05) is 39.3 Å². The molecule has 1 amide bonds. The summed E-state index contributed by atoms with van der Waals surface area (Å²) in [5, 5.41) is 4.56. The summed E-state index contributed by atoms with van der Waals surface area (Å²) in [6, 6.07) is 12.7. The number of carbonyl (C=O) groups excluding carboxylic acids is 2. The van der Waals surface area contributed by atoms with Crippen molar-refractivity contribution in [2.45, 2.75) is 19.3 Å². The van der Waals surface area contributed by atoms with Crippen molar-refractivity contribution >= 4 is 51.7 Å². The zero-order valence-electron chi connectivity index (χ0n) is 14.4. The molecule has 0 radical (unpaired) electrons. The van der Waals surface area contributed by atoms with Gasteiger partial charge in [0.25, 0.3) is 5.91 Å². The number of H-pyrrole nitrogens is 1. The number of benzene rings is 2. The molecule has 0 aliphatic rings. The van der Waals surface area contributed by atoms with Crippen LogP contribution in [0, 0.1) is 0 Å². The maximum Gasteiger partial charge on any atom is 0.306 e. The average Bonchev–Trinajstić information content (AvgIpc) is 3.02. The van der Waals surface area contributed by atoms with E-state index in [1.807, 2.05) is 30.5 Å². The molecule has 0 atom stereocenters. The fourth-order valence-electron chi connectivity index (χ4n) is 2.80. The van der Waals surface area contributed by atoms with Crippen LogP contribution in [0.2, 0.25) is 10.0 Å². The van der Waals surface area contributed by atoms with E-state index in [0.29, 0.717) is 22.2 Å². The monoisotopic (exact) mass is 404 g/mol. The van der Waals surface area contributed by atoms with Crippen LogP contribution in [0.5, 0.6) is 0 Å². The number of rotatable bonds is 7. The Hall–Kier alpha value is -2.50. The van der Waals surface area contributed by atoms with Crippen LogP contribution in [0.4, 0.5) is 5.69 Å². The predicted molar refractivity (Wildman–Crippen MR) is 107 cm³/mol. The van der Waals surface area contributed by atoms with E-state index in [4.69, 9.17) is 27.9 Å². The van der Waals surface area contributed by atoms with Crippen molar-refractivity contribution in [3.8, 4) is 0 Å². The third-order valence-corrected chi connectivity index (χ3v) is 4.45. The zero-order valence-corrected chi connectivity index (χ0v) is 15.9. The number of carbonyl (C=O) groups is 2. The first-order chi connectivity index (χ1) is 13.0. The smallest absolute Gasteiger partial charge is 0.306 e. The fourth-order valence-corrected chi connectivity index (χ4v) is 3.33. The molecule has 27 heavy (non-hydrogen) atoms. The molecule has 0 saturated carbocycles. The Morgan fingerprint density at radius 1 is 1.07 bits per heavy atom. The number of ether oxygens (including phenoxy) is 1. The van der Waals surface area contributed by atoms with Gasteiger partial charge in [-0.15, -0.1) is 0 Å². The van der Waals surface area contributed by atoms with Crippen molar-refractivity contribution in [3.63, 3.8) is 0 Å². The highest BCUT2D eigenvalue weighted by atomic mass is 35.5. The second-order valence-electron chi connectivity index (χ2n) is 6.08. The van der Waals surface area contributed by atoms with Crippen LogP contribution in [0.25, 0.3) is 10.9 Å². The molecule has 2 N–H and O–H groups in total. The van der Waals surface area contributed by atoms with E-state index in [1.54, 1.807) is 18.2 Å². The second kappa shape index (κ2) is 8.93. The van der Waals surface area contributed by atoms with Crippen LogP contribution in [0.3, 0.4) is 0 Å². The highest BCUT2D eigenvalue weighted by molar-refractivity contribution is 6.35. The summed E-state index contributed by atoms with van der Waals surface area (Å²) >= 11 is 11.7. The number of aryl methyl sites for hydroxylation is 1. The SMILES string of the molecule is O=C(COC(=O)CCCc1c[nH]c2ccccc12)Nc1cc(Cl)cc(Cl)c1. The summed E-state index contributed by atoms with van der Waals surface area (Å²) in [5.74, 6) is -0.854. The number of hydrogen-bond acceptors (Lipinski definition) is 3. The van der Waals surface area contributed by atoms with E-state index in [0.717, 1.165) is 22.9 Å². The summed E-state index contributed by atoms with van der Waals surface area (Å²) in [6.45, 7) is -0.351. The Bertz CT molecular complexity index is 949. The number of nitrogens with one attached hydrogen (secondary N) is 2. The highest BCUT2D eigenvalue weighted by Crippen LogP contribution is 2.22. The minimum atomic E-state index is -0.446. The van der Waals surface area contributed by atoms with Gasteiger partial charge >= 0.3 is 5.97 Å². The summed E-state index contributed by atoms with van der Waals surface area (Å²) in [7, 11) is 0. The Labute approximate surface area is 166 Å². The first-order valence-corrected chi connectivity index (χ1v) is 9.23. The van der Waals surface area contributed by atoms with E-state index in [2.05, 4.69) is 10.3 Å². The Kier molecular flexibility index (Phi) is 6.37. The fraction of sp³-hybridized carbons (Fsp3) is 0.200. The molecule has 0 bridgehead atoms. The zero-order chi connectivity index (χ0) is 19.2. The van der Waals surface area contributed by atoms with Crippen LogP contribution in [0.15, 0.2) is 48.7 Å². The van der Waals surface area contributed by atoms with Gasteiger partial charge in [-0.1, -0.05) is 41.4 Å². The van der Waals surface area contributed by atoms with Gasteiger partial charge in [-0.25, -0.2) is 0 Å². The van der Waals surface area contributed by atoms with E-state index in [-0.39, 0.29) is 13.0 Å². The van der Waals surface area contributed by atoms with Gasteiger partial charge in [0.2, 0.25) is 0 Å². The van der Waals surface area contributed by atoms with Gasteiger partial charge in [-0.2, -0.15) is 0 Å². The molecule has 0 unspecified atom stereocenters. The number of amides is 1. The number of esters is 1. The van der Waals surface area contributed by atoms with E-state index < -0.39 is 11.9 Å². The lowest BCUT2D eigenvalue weighted by molar-refractivity contribution is -0.147. The van der Waals surface area contributed by atoms with Crippen LogP contribution < -0.4 is 5.32 Å². The van der Waals surface area contributed by atoms with E-state index in [9.17, 15) is 9.59 Å². The molecule has 7 heteroatoms. The van der Waals surface area contributed by atoms with Gasteiger partial charge in [-0.3, -0.25) is 9.59 Å².